The third-order valence-corrected chi connectivity index (χ3v) is 11.6. The Balaban J connectivity index is 1.59. The van der Waals surface area contributed by atoms with Gasteiger partial charge >= 0.3 is 18.2 Å². The van der Waals surface area contributed by atoms with E-state index in [0.29, 0.717) is 50.9 Å². The zero-order valence-electron chi connectivity index (χ0n) is 34.7. The van der Waals surface area contributed by atoms with Crippen LogP contribution in [0.1, 0.15) is 111 Å². The molecule has 4 N–H and O–H groups in total. The second-order valence-electron chi connectivity index (χ2n) is 16.9. The highest BCUT2D eigenvalue weighted by Crippen LogP contribution is 2.30. The molecule has 2 aliphatic rings. The van der Waals surface area contributed by atoms with Crippen LogP contribution in [-0.2, 0) is 38.6 Å². The first-order valence-corrected chi connectivity index (χ1v) is 21.3. The van der Waals surface area contributed by atoms with Gasteiger partial charge < -0.3 is 34.6 Å². The molecule has 17 nitrogen and oxygen atoms in total. The molecule has 0 radical (unpaired) electrons. The number of hydrogen-bond donors (Lipinski definition) is 4. The number of nitrogens with one attached hydrogen (secondary N) is 4. The SMILES string of the molecule is CCOC(=O)[C@H](CNC(=O)CNC(=O)C(CCC1CCN(C(=O)OC(C)(C)C)CC1)CCC1CCN(C(=O)OC(C)(C)C)CC1)NS(=O)(=O)c1c(C)n[nH]c1C. The Morgan fingerprint density at radius 1 is 0.821 bits per heavy atom. The average molecular weight is 812 g/mol. The molecule has 0 unspecified atom stereocenters. The molecule has 0 aromatic carbocycles. The number of aromatic amines is 1. The predicted octanol–water partition coefficient (Wildman–Crippen LogP) is 3.94. The van der Waals surface area contributed by atoms with E-state index in [0.717, 1.165) is 38.5 Å². The van der Waals surface area contributed by atoms with Crippen LogP contribution in [0.2, 0.25) is 0 Å². The van der Waals surface area contributed by atoms with Crippen LogP contribution in [-0.4, -0.2) is 122 Å². The summed E-state index contributed by atoms with van der Waals surface area (Å²) in [5.41, 5.74) is -0.638. The van der Waals surface area contributed by atoms with Gasteiger partial charge in [-0.3, -0.25) is 19.5 Å². The van der Waals surface area contributed by atoms with E-state index in [1.165, 1.54) is 13.8 Å². The van der Waals surface area contributed by atoms with Crippen LogP contribution in [0, 0.1) is 31.6 Å². The molecular formula is C38H65N7O10S. The van der Waals surface area contributed by atoms with Gasteiger partial charge in [0.05, 0.1) is 24.5 Å². The lowest BCUT2D eigenvalue weighted by molar-refractivity contribution is -0.145. The van der Waals surface area contributed by atoms with E-state index >= 15 is 0 Å². The lowest BCUT2D eigenvalue weighted by Gasteiger charge is -2.34. The molecule has 4 amide bonds. The first kappa shape index (κ1) is 46.5. The van der Waals surface area contributed by atoms with Gasteiger partial charge in [0.2, 0.25) is 21.8 Å². The molecule has 1 atom stereocenters. The van der Waals surface area contributed by atoms with Crippen molar-refractivity contribution >= 4 is 40.0 Å². The summed E-state index contributed by atoms with van der Waals surface area (Å²) in [6.07, 6.45) is 5.29. The van der Waals surface area contributed by atoms with Gasteiger partial charge in [0.1, 0.15) is 22.1 Å². The maximum Gasteiger partial charge on any atom is 0.410 e. The number of likely N-dealkylation sites (tertiary alicyclic amines) is 2. The molecule has 3 heterocycles. The number of amides is 4. The number of carbonyl (C=O) groups is 5. The molecule has 0 aliphatic carbocycles. The summed E-state index contributed by atoms with van der Waals surface area (Å²) in [5, 5.41) is 11.8. The molecule has 0 saturated carbocycles. The van der Waals surface area contributed by atoms with Gasteiger partial charge in [0.25, 0.3) is 0 Å². The van der Waals surface area contributed by atoms with Crippen molar-refractivity contribution in [1.82, 2.24) is 35.4 Å². The van der Waals surface area contributed by atoms with E-state index in [-0.39, 0.29) is 53.4 Å². The van der Waals surface area contributed by atoms with Gasteiger partial charge in [-0.2, -0.15) is 9.82 Å². The monoisotopic (exact) mass is 811 g/mol. The van der Waals surface area contributed by atoms with Crippen molar-refractivity contribution in [3.63, 3.8) is 0 Å². The highest BCUT2D eigenvalue weighted by molar-refractivity contribution is 7.89. The van der Waals surface area contributed by atoms with Crippen molar-refractivity contribution in [3.05, 3.63) is 11.4 Å². The molecule has 0 bridgehead atoms. The van der Waals surface area contributed by atoms with Crippen molar-refractivity contribution in [2.24, 2.45) is 17.8 Å². The summed E-state index contributed by atoms with van der Waals surface area (Å²) in [5.74, 6) is -1.48. The number of carbonyl (C=O) groups excluding carboxylic acids is 5. The maximum absolute atomic E-state index is 13.7. The number of ether oxygens (including phenoxy) is 3. The van der Waals surface area contributed by atoms with Gasteiger partial charge in [0.15, 0.2) is 0 Å². The molecule has 1 aromatic heterocycles. The highest BCUT2D eigenvalue weighted by Gasteiger charge is 2.33. The summed E-state index contributed by atoms with van der Waals surface area (Å²) in [4.78, 5) is 67.8. The van der Waals surface area contributed by atoms with E-state index in [1.807, 2.05) is 41.5 Å². The smallest absolute Gasteiger partial charge is 0.410 e. The van der Waals surface area contributed by atoms with Crippen LogP contribution in [0.3, 0.4) is 0 Å². The molecule has 3 rings (SSSR count). The topological polar surface area (TPSA) is 218 Å². The minimum atomic E-state index is -4.20. The largest absolute Gasteiger partial charge is 0.465 e. The maximum atomic E-state index is 13.7. The van der Waals surface area contributed by atoms with Gasteiger partial charge in [-0.25, -0.2) is 18.0 Å². The highest BCUT2D eigenvalue weighted by atomic mass is 32.2. The zero-order chi connectivity index (χ0) is 41.8. The number of piperidine rings is 2. The minimum absolute atomic E-state index is 0.00206. The average Bonchev–Trinajstić information content (AvgIpc) is 3.46. The lowest BCUT2D eigenvalue weighted by Crippen LogP contribution is -2.50. The van der Waals surface area contributed by atoms with Crippen molar-refractivity contribution < 1.29 is 46.6 Å². The Kier molecular flexibility index (Phi) is 17.0. The second-order valence-corrected chi connectivity index (χ2v) is 18.5. The van der Waals surface area contributed by atoms with Crippen molar-refractivity contribution in [2.75, 3.05) is 45.9 Å². The van der Waals surface area contributed by atoms with E-state index in [9.17, 15) is 32.4 Å². The number of H-pyrrole nitrogens is 1. The molecule has 56 heavy (non-hydrogen) atoms. The Morgan fingerprint density at radius 3 is 1.71 bits per heavy atom. The van der Waals surface area contributed by atoms with E-state index in [1.54, 1.807) is 16.7 Å². The summed E-state index contributed by atoms with van der Waals surface area (Å²) in [6, 6.07) is -1.43. The molecule has 2 saturated heterocycles. The van der Waals surface area contributed by atoms with E-state index in [4.69, 9.17) is 14.2 Å². The summed E-state index contributed by atoms with van der Waals surface area (Å²) < 4.78 is 44.7. The number of rotatable bonds is 16. The van der Waals surface area contributed by atoms with Crippen LogP contribution in [0.15, 0.2) is 4.90 Å². The van der Waals surface area contributed by atoms with Gasteiger partial charge in [-0.15, -0.1) is 0 Å². The molecule has 2 aliphatic heterocycles. The number of esters is 1. The Labute approximate surface area is 332 Å². The molecule has 318 valence electrons. The van der Waals surface area contributed by atoms with Gasteiger partial charge in [-0.1, -0.05) is 0 Å². The van der Waals surface area contributed by atoms with Crippen LogP contribution in [0.4, 0.5) is 9.59 Å². The van der Waals surface area contributed by atoms with Gasteiger partial charge in [0, 0.05) is 38.6 Å². The minimum Gasteiger partial charge on any atom is -0.465 e. The third-order valence-electron chi connectivity index (χ3n) is 9.87. The summed E-state index contributed by atoms with van der Waals surface area (Å²) in [7, 11) is -4.20. The van der Waals surface area contributed by atoms with E-state index in [2.05, 4.69) is 25.6 Å². The molecule has 18 heteroatoms. The molecule has 1 aromatic rings. The van der Waals surface area contributed by atoms with Crippen LogP contribution in [0.5, 0.6) is 0 Å². The Morgan fingerprint density at radius 2 is 1.30 bits per heavy atom. The molecular weight excluding hydrogens is 747 g/mol. The van der Waals surface area contributed by atoms with Crippen LogP contribution < -0.4 is 15.4 Å². The lowest BCUT2D eigenvalue weighted by atomic mass is 9.84. The summed E-state index contributed by atoms with van der Waals surface area (Å²) in [6.45, 7) is 17.2. The fourth-order valence-corrected chi connectivity index (χ4v) is 8.49. The van der Waals surface area contributed by atoms with Crippen molar-refractivity contribution in [2.45, 2.75) is 136 Å². The number of aromatic nitrogens is 2. The molecule has 0 spiro atoms. The van der Waals surface area contributed by atoms with Gasteiger partial charge in [-0.05, 0) is 126 Å². The second kappa shape index (κ2) is 20.5. The summed E-state index contributed by atoms with van der Waals surface area (Å²) >= 11 is 0. The number of nitrogens with zero attached hydrogens (tertiary/aromatic N) is 3. The fourth-order valence-electron chi connectivity index (χ4n) is 6.93. The molecule has 2 fully saturated rings. The zero-order valence-corrected chi connectivity index (χ0v) is 35.6. The fraction of sp³-hybridized carbons (Fsp3) is 0.789. The normalized spacial score (nSPS) is 16.7. The first-order valence-electron chi connectivity index (χ1n) is 19.8. The van der Waals surface area contributed by atoms with E-state index < -0.39 is 45.7 Å². The van der Waals surface area contributed by atoms with Crippen molar-refractivity contribution in [3.8, 4) is 0 Å². The van der Waals surface area contributed by atoms with Crippen LogP contribution in [0.25, 0.3) is 0 Å². The quantitative estimate of drug-likeness (QED) is 0.138. The standard InChI is InChI=1S/C38H65N7O10S/c1-10-53-34(48)30(43-56(51,52)32-25(2)41-42-26(32)3)23-39-31(46)24-40-33(47)29(13-11-27-15-19-44(20-16-27)35(49)54-37(4,5)6)14-12-28-17-21-45(22-18-28)36(50)55-38(7,8)9/h27-30,43H,10-24H2,1-9H3,(H,39,46)(H,40,47)(H,41,42)/t30-/m0/s1. The number of hydrogen-bond acceptors (Lipinski definition) is 11. The van der Waals surface area contributed by atoms with Crippen LogP contribution >= 0.6 is 0 Å². The Hall–Kier alpha value is -3.93. The Bertz CT molecular complexity index is 1530. The third kappa shape index (κ3) is 15.2. The number of sulfonamides is 1. The first-order chi connectivity index (χ1) is 26.1. The predicted molar refractivity (Wildman–Crippen MR) is 208 cm³/mol. The van der Waals surface area contributed by atoms with Crippen molar-refractivity contribution in [1.29, 1.82) is 0 Å². The number of aryl methyl sites for hydroxylation is 2.